The van der Waals surface area contributed by atoms with Crippen LogP contribution in [0.5, 0.6) is 0 Å². The molecule has 2 nitrogen and oxygen atoms in total. The van der Waals surface area contributed by atoms with Gasteiger partial charge in [0.15, 0.2) is 0 Å². The van der Waals surface area contributed by atoms with Crippen molar-refractivity contribution in [1.82, 2.24) is 5.32 Å². The second-order valence-corrected chi connectivity index (χ2v) is 4.84. The van der Waals surface area contributed by atoms with Crippen molar-refractivity contribution in [3.8, 4) is 0 Å². The van der Waals surface area contributed by atoms with Gasteiger partial charge in [0.05, 0.1) is 6.54 Å². The molecule has 0 atom stereocenters. The third kappa shape index (κ3) is 1.95. The van der Waals surface area contributed by atoms with Crippen LogP contribution in [0.25, 0.3) is 11.0 Å². The standard InChI is InChI=1S/C13H14ClNO/c14-10-4-5-13-9(6-10)7-12(16-13)8-15-11-2-1-3-11/h4-7,11,15H,1-3,8H2. The summed E-state index contributed by atoms with van der Waals surface area (Å²) in [5.74, 6) is 0.990. The molecule has 0 aliphatic heterocycles. The fourth-order valence-electron chi connectivity index (χ4n) is 2.01. The lowest BCUT2D eigenvalue weighted by atomic mass is 9.93. The highest BCUT2D eigenvalue weighted by Crippen LogP contribution is 2.24. The monoisotopic (exact) mass is 235 g/mol. The van der Waals surface area contributed by atoms with Gasteiger partial charge in [-0.1, -0.05) is 18.0 Å². The second kappa shape index (κ2) is 4.11. The number of hydrogen-bond acceptors (Lipinski definition) is 2. The lowest BCUT2D eigenvalue weighted by molar-refractivity contribution is 0.327. The van der Waals surface area contributed by atoms with E-state index in [2.05, 4.69) is 11.4 Å². The summed E-state index contributed by atoms with van der Waals surface area (Å²) in [4.78, 5) is 0. The highest BCUT2D eigenvalue weighted by Gasteiger charge is 2.16. The van der Waals surface area contributed by atoms with E-state index in [4.69, 9.17) is 16.0 Å². The first-order valence-corrected chi connectivity index (χ1v) is 6.10. The van der Waals surface area contributed by atoms with E-state index in [-0.39, 0.29) is 0 Å². The van der Waals surface area contributed by atoms with Crippen molar-refractivity contribution in [2.45, 2.75) is 31.8 Å². The van der Waals surface area contributed by atoms with Gasteiger partial charge in [0.1, 0.15) is 11.3 Å². The Bertz CT molecular complexity index is 502. The number of furan rings is 1. The van der Waals surface area contributed by atoms with Crippen molar-refractivity contribution in [3.05, 3.63) is 35.0 Å². The summed E-state index contributed by atoms with van der Waals surface area (Å²) < 4.78 is 5.72. The molecule has 3 rings (SSSR count). The topological polar surface area (TPSA) is 25.2 Å². The number of fused-ring (bicyclic) bond motifs is 1. The number of hydrogen-bond donors (Lipinski definition) is 1. The quantitative estimate of drug-likeness (QED) is 0.877. The van der Waals surface area contributed by atoms with Gasteiger partial charge in [-0.05, 0) is 37.1 Å². The van der Waals surface area contributed by atoms with Crippen LogP contribution in [0.4, 0.5) is 0 Å². The third-order valence-electron chi connectivity index (χ3n) is 3.20. The van der Waals surface area contributed by atoms with Gasteiger partial charge < -0.3 is 9.73 Å². The molecule has 1 aromatic carbocycles. The van der Waals surface area contributed by atoms with Crippen LogP contribution in [0.15, 0.2) is 28.7 Å². The average Bonchev–Trinajstić information content (AvgIpc) is 2.57. The van der Waals surface area contributed by atoms with Gasteiger partial charge in [-0.25, -0.2) is 0 Å². The second-order valence-electron chi connectivity index (χ2n) is 4.40. The van der Waals surface area contributed by atoms with Gasteiger partial charge in [0.25, 0.3) is 0 Å². The fraction of sp³-hybridized carbons (Fsp3) is 0.385. The zero-order chi connectivity index (χ0) is 11.0. The Morgan fingerprint density at radius 3 is 2.94 bits per heavy atom. The van der Waals surface area contributed by atoms with Crippen LogP contribution in [0, 0.1) is 0 Å². The molecule has 1 heterocycles. The molecule has 84 valence electrons. The van der Waals surface area contributed by atoms with Crippen LogP contribution in [-0.2, 0) is 6.54 Å². The first kappa shape index (κ1) is 10.2. The SMILES string of the molecule is Clc1ccc2oc(CNC3CCC3)cc2c1. The highest BCUT2D eigenvalue weighted by atomic mass is 35.5. The third-order valence-corrected chi connectivity index (χ3v) is 3.43. The Balaban J connectivity index is 1.76. The molecule has 16 heavy (non-hydrogen) atoms. The van der Waals surface area contributed by atoms with Gasteiger partial charge >= 0.3 is 0 Å². The minimum atomic E-state index is 0.691. The number of nitrogens with one attached hydrogen (secondary N) is 1. The molecule has 1 fully saturated rings. The average molecular weight is 236 g/mol. The van der Waals surface area contributed by atoms with Crippen molar-refractivity contribution in [3.63, 3.8) is 0 Å². The maximum absolute atomic E-state index is 5.93. The predicted molar refractivity (Wildman–Crippen MR) is 65.7 cm³/mol. The Morgan fingerprint density at radius 2 is 2.19 bits per heavy atom. The largest absolute Gasteiger partial charge is 0.460 e. The van der Waals surface area contributed by atoms with Gasteiger partial charge in [-0.15, -0.1) is 0 Å². The summed E-state index contributed by atoms with van der Waals surface area (Å²) in [5, 5.41) is 5.32. The molecule has 0 amide bonds. The fourth-order valence-corrected chi connectivity index (χ4v) is 2.19. The van der Waals surface area contributed by atoms with Gasteiger partial charge in [0.2, 0.25) is 0 Å². The molecule has 0 bridgehead atoms. The van der Waals surface area contributed by atoms with Crippen LogP contribution in [0.3, 0.4) is 0 Å². The summed E-state index contributed by atoms with van der Waals surface area (Å²) in [6.45, 7) is 0.816. The smallest absolute Gasteiger partial charge is 0.134 e. The molecule has 0 unspecified atom stereocenters. The highest BCUT2D eigenvalue weighted by molar-refractivity contribution is 6.31. The minimum absolute atomic E-state index is 0.691. The van der Waals surface area contributed by atoms with Crippen molar-refractivity contribution in [2.24, 2.45) is 0 Å². The van der Waals surface area contributed by atoms with Crippen LogP contribution < -0.4 is 5.32 Å². The molecular weight excluding hydrogens is 222 g/mol. The van der Waals surface area contributed by atoms with E-state index >= 15 is 0 Å². The van der Waals surface area contributed by atoms with E-state index in [0.29, 0.717) is 6.04 Å². The summed E-state index contributed by atoms with van der Waals surface area (Å²) in [5.41, 5.74) is 0.912. The number of rotatable bonds is 3. The molecule has 1 N–H and O–H groups in total. The van der Waals surface area contributed by atoms with Crippen LogP contribution in [0.2, 0.25) is 5.02 Å². The Morgan fingerprint density at radius 1 is 1.31 bits per heavy atom. The molecule has 0 radical (unpaired) electrons. The minimum Gasteiger partial charge on any atom is -0.460 e. The van der Waals surface area contributed by atoms with E-state index in [1.54, 1.807) is 0 Å². The first-order valence-electron chi connectivity index (χ1n) is 5.72. The molecule has 3 heteroatoms. The van der Waals surface area contributed by atoms with E-state index in [1.807, 2.05) is 18.2 Å². The summed E-state index contributed by atoms with van der Waals surface area (Å²) >= 11 is 5.93. The van der Waals surface area contributed by atoms with Crippen molar-refractivity contribution < 1.29 is 4.42 Å². The van der Waals surface area contributed by atoms with Crippen molar-refractivity contribution in [1.29, 1.82) is 0 Å². The Hall–Kier alpha value is -0.990. The number of benzene rings is 1. The van der Waals surface area contributed by atoms with Crippen molar-refractivity contribution in [2.75, 3.05) is 0 Å². The maximum atomic E-state index is 5.93. The predicted octanol–water partition coefficient (Wildman–Crippen LogP) is 3.73. The summed E-state index contributed by atoms with van der Waals surface area (Å²) in [6.07, 6.45) is 3.95. The van der Waals surface area contributed by atoms with Crippen molar-refractivity contribution >= 4 is 22.6 Å². The first-order chi connectivity index (χ1) is 7.81. The van der Waals surface area contributed by atoms with E-state index in [9.17, 15) is 0 Å². The molecule has 1 aromatic heterocycles. The molecule has 1 aliphatic carbocycles. The molecule has 2 aromatic rings. The van der Waals surface area contributed by atoms with E-state index in [1.165, 1.54) is 19.3 Å². The summed E-state index contributed by atoms with van der Waals surface area (Å²) in [7, 11) is 0. The normalized spacial score (nSPS) is 16.6. The zero-order valence-corrected chi connectivity index (χ0v) is 9.76. The summed E-state index contributed by atoms with van der Waals surface area (Å²) in [6, 6.07) is 8.47. The Kier molecular flexibility index (Phi) is 2.62. The van der Waals surface area contributed by atoms with Crippen LogP contribution >= 0.6 is 11.6 Å². The lowest BCUT2D eigenvalue weighted by Gasteiger charge is -2.25. The molecular formula is C13H14ClNO. The van der Waals surface area contributed by atoms with Gasteiger partial charge in [0, 0.05) is 16.5 Å². The van der Waals surface area contributed by atoms with Gasteiger partial charge in [-0.3, -0.25) is 0 Å². The molecule has 1 saturated carbocycles. The maximum Gasteiger partial charge on any atom is 0.134 e. The van der Waals surface area contributed by atoms with Crippen LogP contribution in [-0.4, -0.2) is 6.04 Å². The molecule has 1 aliphatic rings. The lowest BCUT2D eigenvalue weighted by Crippen LogP contribution is -2.34. The van der Waals surface area contributed by atoms with E-state index in [0.717, 1.165) is 28.3 Å². The number of halogens is 1. The Labute approximate surface area is 99.6 Å². The van der Waals surface area contributed by atoms with Gasteiger partial charge in [-0.2, -0.15) is 0 Å². The molecule has 0 spiro atoms. The molecule has 0 saturated heterocycles. The van der Waals surface area contributed by atoms with E-state index < -0.39 is 0 Å². The van der Waals surface area contributed by atoms with Crippen LogP contribution in [0.1, 0.15) is 25.0 Å². The zero-order valence-electron chi connectivity index (χ0n) is 9.00.